The van der Waals surface area contributed by atoms with Crippen molar-refractivity contribution in [2.75, 3.05) is 31.2 Å². The molecule has 6 heteroatoms. The summed E-state index contributed by atoms with van der Waals surface area (Å²) in [5.74, 6) is 0.315. The molecule has 0 spiro atoms. The highest BCUT2D eigenvalue weighted by Crippen LogP contribution is 2.42. The summed E-state index contributed by atoms with van der Waals surface area (Å²) in [7, 11) is 1.53. The van der Waals surface area contributed by atoms with E-state index in [4.69, 9.17) is 10.5 Å². The van der Waals surface area contributed by atoms with E-state index in [1.807, 2.05) is 6.92 Å². The van der Waals surface area contributed by atoms with Gasteiger partial charge in [-0.05, 0) is 6.92 Å². The maximum atomic E-state index is 11.8. The van der Waals surface area contributed by atoms with Crippen LogP contribution in [0.1, 0.15) is 16.6 Å². The first-order chi connectivity index (χ1) is 8.15. The highest BCUT2D eigenvalue weighted by molar-refractivity contribution is 7.19. The second-order valence-electron chi connectivity index (χ2n) is 3.24. The van der Waals surface area contributed by atoms with E-state index < -0.39 is 0 Å². The lowest BCUT2D eigenvalue weighted by atomic mass is 10.3. The topological polar surface area (TPSA) is 76.4 Å². The fraction of sp³-hybridized carbons (Fsp3) is 0.364. The summed E-state index contributed by atoms with van der Waals surface area (Å²) in [6, 6.07) is 0. The van der Waals surface area contributed by atoms with Gasteiger partial charge in [-0.2, -0.15) is 0 Å². The van der Waals surface area contributed by atoms with Crippen molar-refractivity contribution in [3.8, 4) is 5.75 Å². The molecule has 0 radical (unpaired) electrons. The second-order valence-corrected chi connectivity index (χ2v) is 4.26. The van der Waals surface area contributed by atoms with Crippen LogP contribution in [0.15, 0.2) is 12.7 Å². The van der Waals surface area contributed by atoms with E-state index in [1.54, 1.807) is 6.08 Å². The van der Waals surface area contributed by atoms with Crippen LogP contribution >= 0.6 is 11.3 Å². The van der Waals surface area contributed by atoms with Gasteiger partial charge in [0.15, 0.2) is 5.75 Å². The first kappa shape index (κ1) is 13.4. The molecular weight excluding hydrogens is 238 g/mol. The first-order valence-electron chi connectivity index (χ1n) is 5.24. The van der Waals surface area contributed by atoms with E-state index >= 15 is 0 Å². The maximum absolute atomic E-state index is 11.8. The van der Waals surface area contributed by atoms with Crippen molar-refractivity contribution in [1.82, 2.24) is 5.32 Å². The highest BCUT2D eigenvalue weighted by atomic mass is 32.1. The van der Waals surface area contributed by atoms with Gasteiger partial charge in [0.1, 0.15) is 15.6 Å². The smallest absolute Gasteiger partial charge is 0.263 e. The Morgan fingerprint density at radius 3 is 2.88 bits per heavy atom. The third-order valence-corrected chi connectivity index (χ3v) is 3.20. The number of amides is 1. The van der Waals surface area contributed by atoms with Gasteiger partial charge in [0.05, 0.1) is 7.11 Å². The molecule has 0 aliphatic rings. The Kier molecular flexibility index (Phi) is 4.84. The molecule has 0 unspecified atom stereocenters. The quantitative estimate of drug-likeness (QED) is 0.676. The predicted octanol–water partition coefficient (Wildman–Crippen LogP) is 1.69. The number of anilines is 2. The van der Waals surface area contributed by atoms with Crippen molar-refractivity contribution in [1.29, 1.82) is 0 Å². The van der Waals surface area contributed by atoms with Crippen LogP contribution < -0.4 is 21.1 Å². The molecule has 0 aliphatic carbocycles. The minimum absolute atomic E-state index is 0.213. The standard InChI is InChI=1S/C11H17N3O2S/c1-4-6-14-10(15)9-7(12)8(16-3)11(17-9)13-5-2/h4,13H,1,5-6,12H2,2-3H3,(H,14,15). The Balaban J connectivity index is 2.99. The normalized spacial score (nSPS) is 9.76. The lowest BCUT2D eigenvalue weighted by Crippen LogP contribution is -2.23. The number of thiophene rings is 1. The van der Waals surface area contributed by atoms with Crippen LogP contribution in [-0.2, 0) is 0 Å². The number of carbonyl (C=O) groups excluding carboxylic acids is 1. The number of carbonyl (C=O) groups is 1. The summed E-state index contributed by atoms with van der Waals surface area (Å²) in [5.41, 5.74) is 6.25. The zero-order chi connectivity index (χ0) is 12.8. The van der Waals surface area contributed by atoms with E-state index in [9.17, 15) is 4.79 Å². The monoisotopic (exact) mass is 255 g/mol. The number of nitrogen functional groups attached to an aromatic ring is 1. The number of nitrogens with two attached hydrogens (primary N) is 1. The molecule has 1 aromatic heterocycles. The summed E-state index contributed by atoms with van der Waals surface area (Å²) in [4.78, 5) is 12.3. The highest BCUT2D eigenvalue weighted by Gasteiger charge is 2.20. The SMILES string of the molecule is C=CCNC(=O)c1sc(NCC)c(OC)c1N. The van der Waals surface area contributed by atoms with Gasteiger partial charge in [0.2, 0.25) is 0 Å². The molecule has 1 heterocycles. The molecular formula is C11H17N3O2S. The van der Waals surface area contributed by atoms with Crippen molar-refractivity contribution in [3.63, 3.8) is 0 Å². The Hall–Kier alpha value is -1.69. The zero-order valence-electron chi connectivity index (χ0n) is 10.0. The molecule has 1 aromatic rings. The summed E-state index contributed by atoms with van der Waals surface area (Å²) < 4.78 is 5.19. The third kappa shape index (κ3) is 2.91. The average molecular weight is 255 g/mol. The minimum atomic E-state index is -0.213. The largest absolute Gasteiger partial charge is 0.492 e. The molecule has 94 valence electrons. The Labute approximate surface area is 105 Å². The lowest BCUT2D eigenvalue weighted by molar-refractivity contribution is 0.0962. The molecule has 17 heavy (non-hydrogen) atoms. The van der Waals surface area contributed by atoms with E-state index in [0.717, 1.165) is 11.5 Å². The molecule has 1 rings (SSSR count). The van der Waals surface area contributed by atoms with E-state index in [2.05, 4.69) is 17.2 Å². The van der Waals surface area contributed by atoms with Crippen molar-refractivity contribution < 1.29 is 9.53 Å². The van der Waals surface area contributed by atoms with Crippen molar-refractivity contribution in [2.45, 2.75) is 6.92 Å². The van der Waals surface area contributed by atoms with Gasteiger partial charge in [-0.1, -0.05) is 6.08 Å². The fourth-order valence-corrected chi connectivity index (χ4v) is 2.40. The van der Waals surface area contributed by atoms with Gasteiger partial charge in [-0.3, -0.25) is 4.79 Å². The maximum Gasteiger partial charge on any atom is 0.263 e. The average Bonchev–Trinajstić information content (AvgIpc) is 2.63. The summed E-state index contributed by atoms with van der Waals surface area (Å²) >= 11 is 1.29. The number of ether oxygens (including phenoxy) is 1. The molecule has 0 fully saturated rings. The molecule has 0 aromatic carbocycles. The van der Waals surface area contributed by atoms with Crippen molar-refractivity contribution in [3.05, 3.63) is 17.5 Å². The Bertz CT molecular complexity index is 415. The number of rotatable bonds is 6. The van der Waals surface area contributed by atoms with Gasteiger partial charge in [-0.15, -0.1) is 17.9 Å². The van der Waals surface area contributed by atoms with Crippen LogP contribution in [0.2, 0.25) is 0 Å². The van der Waals surface area contributed by atoms with Gasteiger partial charge in [0.25, 0.3) is 5.91 Å². The van der Waals surface area contributed by atoms with Gasteiger partial charge >= 0.3 is 0 Å². The van der Waals surface area contributed by atoms with Crippen LogP contribution in [0.5, 0.6) is 5.75 Å². The van der Waals surface area contributed by atoms with Crippen LogP contribution in [0, 0.1) is 0 Å². The summed E-state index contributed by atoms with van der Waals surface area (Å²) in [6.07, 6.45) is 1.62. The summed E-state index contributed by atoms with van der Waals surface area (Å²) in [6.45, 7) is 6.65. The van der Waals surface area contributed by atoms with Crippen LogP contribution in [0.4, 0.5) is 10.7 Å². The second kappa shape index (κ2) is 6.15. The van der Waals surface area contributed by atoms with Crippen LogP contribution in [0.25, 0.3) is 0 Å². The first-order valence-corrected chi connectivity index (χ1v) is 6.06. The molecule has 0 aliphatic heterocycles. The molecule has 5 nitrogen and oxygen atoms in total. The molecule has 0 bridgehead atoms. The van der Waals surface area contributed by atoms with Crippen molar-refractivity contribution >= 4 is 27.9 Å². The van der Waals surface area contributed by atoms with E-state index in [0.29, 0.717) is 22.9 Å². The molecule has 4 N–H and O–H groups in total. The molecule has 0 saturated carbocycles. The number of nitrogens with one attached hydrogen (secondary N) is 2. The van der Waals surface area contributed by atoms with Crippen LogP contribution in [-0.4, -0.2) is 26.1 Å². The Morgan fingerprint density at radius 1 is 1.65 bits per heavy atom. The number of hydrogen-bond acceptors (Lipinski definition) is 5. The van der Waals surface area contributed by atoms with Gasteiger partial charge < -0.3 is 21.1 Å². The summed E-state index contributed by atoms with van der Waals surface area (Å²) in [5, 5.41) is 6.57. The van der Waals surface area contributed by atoms with Crippen molar-refractivity contribution in [2.24, 2.45) is 0 Å². The molecule has 1 amide bonds. The lowest BCUT2D eigenvalue weighted by Gasteiger charge is -2.03. The van der Waals surface area contributed by atoms with E-state index in [-0.39, 0.29) is 5.91 Å². The number of hydrogen-bond donors (Lipinski definition) is 3. The minimum Gasteiger partial charge on any atom is -0.492 e. The predicted molar refractivity (Wildman–Crippen MR) is 72.0 cm³/mol. The Morgan fingerprint density at radius 2 is 2.35 bits per heavy atom. The fourth-order valence-electron chi connectivity index (χ4n) is 1.32. The number of methoxy groups -OCH3 is 1. The molecule has 0 atom stereocenters. The third-order valence-electron chi connectivity index (χ3n) is 2.05. The van der Waals surface area contributed by atoms with Gasteiger partial charge in [-0.25, -0.2) is 0 Å². The molecule has 0 saturated heterocycles. The van der Waals surface area contributed by atoms with E-state index in [1.165, 1.54) is 18.4 Å². The zero-order valence-corrected chi connectivity index (χ0v) is 10.8. The van der Waals surface area contributed by atoms with Gasteiger partial charge in [0, 0.05) is 13.1 Å². The van der Waals surface area contributed by atoms with Crippen LogP contribution in [0.3, 0.4) is 0 Å².